The summed E-state index contributed by atoms with van der Waals surface area (Å²) in [5.74, 6) is 0.128. The SMILES string of the molecule is Cc1ccc(/C=N/Nc2nsc(Nc3ccc(F)cc3)n2)cc1. The van der Waals surface area contributed by atoms with Crippen molar-refractivity contribution in [2.24, 2.45) is 5.10 Å². The van der Waals surface area contributed by atoms with Crippen molar-refractivity contribution < 1.29 is 4.39 Å². The number of aromatic nitrogens is 2. The fraction of sp³-hybridized carbons (Fsp3) is 0.0625. The molecule has 3 aromatic rings. The average Bonchev–Trinajstić information content (AvgIpc) is 2.99. The number of nitrogens with zero attached hydrogens (tertiary/aromatic N) is 3. The molecule has 0 fully saturated rings. The number of benzene rings is 2. The van der Waals surface area contributed by atoms with Gasteiger partial charge < -0.3 is 5.32 Å². The molecule has 2 aromatic carbocycles. The van der Waals surface area contributed by atoms with Gasteiger partial charge in [0, 0.05) is 17.2 Å². The van der Waals surface area contributed by atoms with Crippen LogP contribution in [-0.2, 0) is 0 Å². The zero-order valence-corrected chi connectivity index (χ0v) is 13.1. The van der Waals surface area contributed by atoms with Gasteiger partial charge in [0.1, 0.15) is 5.82 Å². The second-order valence-corrected chi connectivity index (χ2v) is 5.59. The van der Waals surface area contributed by atoms with Crippen LogP contribution >= 0.6 is 11.5 Å². The molecule has 0 unspecified atom stereocenters. The highest BCUT2D eigenvalue weighted by atomic mass is 32.1. The quantitative estimate of drug-likeness (QED) is 0.545. The van der Waals surface area contributed by atoms with Crippen molar-refractivity contribution in [3.63, 3.8) is 0 Å². The summed E-state index contributed by atoms with van der Waals surface area (Å²) in [5.41, 5.74) is 5.72. The van der Waals surface area contributed by atoms with Crippen LogP contribution < -0.4 is 10.7 Å². The third-order valence-corrected chi connectivity index (χ3v) is 3.61. The highest BCUT2D eigenvalue weighted by molar-refractivity contribution is 7.10. The number of hydrazone groups is 1. The number of halogens is 1. The molecule has 0 spiro atoms. The Bertz CT molecular complexity index is 796. The van der Waals surface area contributed by atoms with Crippen LogP contribution in [0.4, 0.5) is 21.2 Å². The third-order valence-electron chi connectivity index (χ3n) is 2.98. The van der Waals surface area contributed by atoms with Gasteiger partial charge in [0.05, 0.1) is 6.21 Å². The van der Waals surface area contributed by atoms with E-state index in [1.165, 1.54) is 29.2 Å². The van der Waals surface area contributed by atoms with Crippen LogP contribution in [-0.4, -0.2) is 15.6 Å². The van der Waals surface area contributed by atoms with Gasteiger partial charge >= 0.3 is 0 Å². The summed E-state index contributed by atoms with van der Waals surface area (Å²) in [4.78, 5) is 4.25. The van der Waals surface area contributed by atoms with Gasteiger partial charge in [-0.2, -0.15) is 10.1 Å². The van der Waals surface area contributed by atoms with Crippen molar-refractivity contribution in [1.82, 2.24) is 9.36 Å². The van der Waals surface area contributed by atoms with Crippen LogP contribution in [0.25, 0.3) is 0 Å². The molecule has 5 nitrogen and oxygen atoms in total. The maximum absolute atomic E-state index is 12.9. The largest absolute Gasteiger partial charge is 0.330 e. The van der Waals surface area contributed by atoms with Crippen LogP contribution in [0.5, 0.6) is 0 Å². The molecule has 0 saturated carbocycles. The Morgan fingerprint density at radius 1 is 1.09 bits per heavy atom. The smallest absolute Gasteiger partial charge is 0.257 e. The zero-order valence-electron chi connectivity index (χ0n) is 12.3. The summed E-state index contributed by atoms with van der Waals surface area (Å²) in [6.07, 6.45) is 1.70. The molecule has 0 saturated heterocycles. The molecule has 0 aliphatic heterocycles. The molecular formula is C16H14FN5S. The van der Waals surface area contributed by atoms with Crippen LogP contribution in [0.3, 0.4) is 0 Å². The molecule has 2 N–H and O–H groups in total. The number of anilines is 3. The van der Waals surface area contributed by atoms with E-state index in [1.54, 1.807) is 18.3 Å². The Labute approximate surface area is 137 Å². The molecule has 116 valence electrons. The first-order valence-electron chi connectivity index (χ1n) is 6.91. The Kier molecular flexibility index (Phi) is 4.58. The summed E-state index contributed by atoms with van der Waals surface area (Å²) < 4.78 is 17.0. The molecule has 0 aliphatic carbocycles. The average molecular weight is 327 g/mol. The Balaban J connectivity index is 1.58. The molecular weight excluding hydrogens is 313 g/mol. The van der Waals surface area contributed by atoms with Gasteiger partial charge in [-0.3, -0.25) is 0 Å². The van der Waals surface area contributed by atoms with Gasteiger partial charge in [-0.1, -0.05) is 29.8 Å². The van der Waals surface area contributed by atoms with E-state index < -0.39 is 0 Å². The van der Waals surface area contributed by atoms with E-state index in [-0.39, 0.29) is 5.82 Å². The van der Waals surface area contributed by atoms with E-state index in [0.717, 1.165) is 11.3 Å². The summed E-state index contributed by atoms with van der Waals surface area (Å²) in [7, 11) is 0. The van der Waals surface area contributed by atoms with Gasteiger partial charge in [0.2, 0.25) is 5.13 Å². The lowest BCUT2D eigenvalue weighted by atomic mass is 10.2. The molecule has 0 amide bonds. The van der Waals surface area contributed by atoms with E-state index in [9.17, 15) is 4.39 Å². The van der Waals surface area contributed by atoms with E-state index in [0.29, 0.717) is 11.1 Å². The van der Waals surface area contributed by atoms with E-state index >= 15 is 0 Å². The maximum atomic E-state index is 12.9. The topological polar surface area (TPSA) is 62.2 Å². The highest BCUT2D eigenvalue weighted by Crippen LogP contribution is 2.20. The van der Waals surface area contributed by atoms with Gasteiger partial charge in [0.15, 0.2) is 0 Å². The minimum atomic E-state index is -0.277. The summed E-state index contributed by atoms with van der Waals surface area (Å²) in [6, 6.07) is 14.1. The normalized spacial score (nSPS) is 10.9. The first-order valence-corrected chi connectivity index (χ1v) is 7.68. The number of nitrogens with one attached hydrogen (secondary N) is 2. The molecule has 0 bridgehead atoms. The van der Waals surface area contributed by atoms with Gasteiger partial charge in [-0.25, -0.2) is 9.82 Å². The van der Waals surface area contributed by atoms with Crippen molar-refractivity contribution in [2.75, 3.05) is 10.7 Å². The molecule has 0 radical (unpaired) electrons. The number of hydrogen-bond acceptors (Lipinski definition) is 6. The van der Waals surface area contributed by atoms with Gasteiger partial charge in [-0.15, -0.1) is 4.37 Å². The standard InChI is InChI=1S/C16H14FN5S/c1-11-2-4-12(5-3-11)10-18-21-15-20-16(23-22-15)19-14-8-6-13(17)7-9-14/h2-10H,1H3,(H2,19,20,21,22)/b18-10+. The molecule has 0 atom stereocenters. The van der Waals surface area contributed by atoms with Crippen LogP contribution in [0.2, 0.25) is 0 Å². The van der Waals surface area contributed by atoms with Crippen molar-refractivity contribution in [1.29, 1.82) is 0 Å². The lowest BCUT2D eigenvalue weighted by Crippen LogP contribution is -1.94. The fourth-order valence-electron chi connectivity index (χ4n) is 1.79. The van der Waals surface area contributed by atoms with Crippen molar-refractivity contribution in [2.45, 2.75) is 6.92 Å². The number of aryl methyl sites for hydroxylation is 1. The van der Waals surface area contributed by atoms with Crippen molar-refractivity contribution >= 4 is 34.5 Å². The van der Waals surface area contributed by atoms with Gasteiger partial charge in [-0.05, 0) is 36.8 Å². The number of hydrogen-bond donors (Lipinski definition) is 2. The molecule has 1 aromatic heterocycles. The van der Waals surface area contributed by atoms with Crippen molar-refractivity contribution in [3.8, 4) is 0 Å². The number of rotatable bonds is 5. The third kappa shape index (κ3) is 4.33. The summed E-state index contributed by atoms with van der Waals surface area (Å²) >= 11 is 1.19. The second kappa shape index (κ2) is 6.97. The zero-order chi connectivity index (χ0) is 16.1. The Morgan fingerprint density at radius 3 is 2.57 bits per heavy atom. The minimum absolute atomic E-state index is 0.277. The monoisotopic (exact) mass is 327 g/mol. The summed E-state index contributed by atoms with van der Waals surface area (Å²) in [6.45, 7) is 2.04. The first kappa shape index (κ1) is 15.1. The molecule has 7 heteroatoms. The Hall–Kier alpha value is -2.80. The maximum Gasteiger partial charge on any atom is 0.257 e. The minimum Gasteiger partial charge on any atom is -0.330 e. The lowest BCUT2D eigenvalue weighted by Gasteiger charge is -2.00. The molecule has 0 aliphatic rings. The second-order valence-electron chi connectivity index (χ2n) is 4.84. The highest BCUT2D eigenvalue weighted by Gasteiger charge is 2.03. The predicted octanol–water partition coefficient (Wildman–Crippen LogP) is 4.18. The van der Waals surface area contributed by atoms with Crippen LogP contribution in [0, 0.1) is 12.7 Å². The van der Waals surface area contributed by atoms with Crippen molar-refractivity contribution in [3.05, 3.63) is 65.5 Å². The predicted molar refractivity (Wildman–Crippen MR) is 92.0 cm³/mol. The van der Waals surface area contributed by atoms with Gasteiger partial charge in [0.25, 0.3) is 5.95 Å². The molecule has 23 heavy (non-hydrogen) atoms. The fourth-order valence-corrected chi connectivity index (χ4v) is 2.34. The van der Waals surface area contributed by atoms with E-state index in [2.05, 4.69) is 25.2 Å². The van der Waals surface area contributed by atoms with E-state index in [1.807, 2.05) is 31.2 Å². The molecule has 1 heterocycles. The van der Waals surface area contributed by atoms with Crippen LogP contribution in [0.15, 0.2) is 53.6 Å². The van der Waals surface area contributed by atoms with E-state index in [4.69, 9.17) is 0 Å². The first-order chi connectivity index (χ1) is 11.2. The molecule has 3 rings (SSSR count). The summed E-state index contributed by atoms with van der Waals surface area (Å²) in [5, 5.41) is 7.76. The Morgan fingerprint density at radius 2 is 1.83 bits per heavy atom. The lowest BCUT2D eigenvalue weighted by molar-refractivity contribution is 0.628. The van der Waals surface area contributed by atoms with Crippen LogP contribution in [0.1, 0.15) is 11.1 Å².